The molecule has 0 spiro atoms. The third-order valence-corrected chi connectivity index (χ3v) is 5.93. The molecule has 158 valence electrons. The monoisotopic (exact) mass is 429 g/mol. The molecule has 0 radical (unpaired) electrons. The van der Waals surface area contributed by atoms with Crippen molar-refractivity contribution in [2.45, 2.75) is 57.4 Å². The van der Waals surface area contributed by atoms with Gasteiger partial charge in [-0.3, -0.25) is 14.9 Å². The molecule has 0 saturated carbocycles. The smallest absolute Gasteiger partial charge is 0.283 e. The number of hydrogen-bond donors (Lipinski definition) is 1. The van der Waals surface area contributed by atoms with Crippen LogP contribution in [-0.4, -0.2) is 47.2 Å². The van der Waals surface area contributed by atoms with Gasteiger partial charge in [-0.25, -0.2) is 0 Å². The van der Waals surface area contributed by atoms with Crippen LogP contribution in [-0.2, 0) is 0 Å². The molecule has 2 rings (SSSR count). The average Bonchev–Trinajstić information content (AvgIpc) is 2.66. The summed E-state index contributed by atoms with van der Waals surface area (Å²) in [6.45, 7) is 8.83. The first-order valence-electron chi connectivity index (χ1n) is 9.87. The van der Waals surface area contributed by atoms with Crippen LogP contribution < -0.4 is 5.32 Å². The second-order valence-corrected chi connectivity index (χ2v) is 8.59. The minimum atomic E-state index is -0.372. The summed E-state index contributed by atoms with van der Waals surface area (Å²) in [5.74, 6) is 1.30. The highest BCUT2D eigenvalue weighted by Gasteiger charge is 2.27. The summed E-state index contributed by atoms with van der Waals surface area (Å²) < 4.78 is 0. The Bertz CT molecular complexity index is 652. The van der Waals surface area contributed by atoms with Gasteiger partial charge in [0.25, 0.3) is 11.6 Å². The molecule has 1 fully saturated rings. The number of hydrogen-bond acceptors (Lipinski definition) is 5. The number of rotatable bonds is 9. The third kappa shape index (κ3) is 6.94. The van der Waals surface area contributed by atoms with Crippen molar-refractivity contribution in [1.82, 2.24) is 10.2 Å². The van der Waals surface area contributed by atoms with Crippen molar-refractivity contribution >= 4 is 35.8 Å². The van der Waals surface area contributed by atoms with E-state index in [0.717, 1.165) is 44.5 Å². The van der Waals surface area contributed by atoms with E-state index in [1.807, 2.05) is 4.90 Å². The number of carbonyl (C=O) groups is 1. The number of nitrogens with zero attached hydrogens (tertiary/aromatic N) is 2. The molecule has 8 heteroatoms. The number of amides is 1. The molecule has 1 saturated heterocycles. The van der Waals surface area contributed by atoms with Crippen molar-refractivity contribution in [3.63, 3.8) is 0 Å². The Hall–Kier alpha value is -1.31. The minimum Gasteiger partial charge on any atom is -0.336 e. The number of thioether (sulfide) groups is 1. The van der Waals surface area contributed by atoms with E-state index in [9.17, 15) is 14.9 Å². The van der Waals surface area contributed by atoms with Crippen LogP contribution in [0.5, 0.6) is 0 Å². The van der Waals surface area contributed by atoms with Gasteiger partial charge in [0.2, 0.25) is 0 Å². The van der Waals surface area contributed by atoms with Gasteiger partial charge in [0.1, 0.15) is 0 Å². The molecule has 1 aromatic rings. The largest absolute Gasteiger partial charge is 0.336 e. The Balaban J connectivity index is 0.00000392. The quantitative estimate of drug-likeness (QED) is 0.348. The van der Waals surface area contributed by atoms with Crippen LogP contribution in [0.4, 0.5) is 5.69 Å². The lowest BCUT2D eigenvalue weighted by molar-refractivity contribution is -0.387. The molecule has 0 aromatic heterocycles. The molecule has 1 aliphatic rings. The normalized spacial score (nSPS) is 14.6. The highest BCUT2D eigenvalue weighted by Crippen LogP contribution is 2.32. The number of piperidine rings is 1. The zero-order chi connectivity index (χ0) is 19.8. The SMILES string of the molecule is CCCN(C(=O)c1ccc(SCCC(C)C)c([N+](=O)[O-])c1)C1CCNCC1.Cl. The van der Waals surface area contributed by atoms with E-state index in [1.54, 1.807) is 12.1 Å². The van der Waals surface area contributed by atoms with E-state index in [2.05, 4.69) is 26.1 Å². The van der Waals surface area contributed by atoms with E-state index >= 15 is 0 Å². The molecule has 0 unspecified atom stereocenters. The highest BCUT2D eigenvalue weighted by molar-refractivity contribution is 7.99. The first-order chi connectivity index (χ1) is 12.9. The van der Waals surface area contributed by atoms with Gasteiger partial charge >= 0.3 is 0 Å². The molecule has 1 heterocycles. The molecular formula is C20H32ClN3O3S. The number of carbonyl (C=O) groups excluding carboxylic acids is 1. The zero-order valence-electron chi connectivity index (χ0n) is 17.0. The Labute approximate surface area is 178 Å². The molecule has 0 bridgehead atoms. The molecule has 1 aliphatic heterocycles. The van der Waals surface area contributed by atoms with Gasteiger partial charge in [0.15, 0.2) is 0 Å². The predicted octanol–water partition coefficient (Wildman–Crippen LogP) is 4.76. The molecular weight excluding hydrogens is 398 g/mol. The molecule has 0 aliphatic carbocycles. The van der Waals surface area contributed by atoms with Gasteiger partial charge in [-0.15, -0.1) is 24.2 Å². The zero-order valence-corrected chi connectivity index (χ0v) is 18.6. The van der Waals surface area contributed by atoms with Crippen LogP contribution >= 0.6 is 24.2 Å². The van der Waals surface area contributed by atoms with Crippen molar-refractivity contribution in [2.24, 2.45) is 5.92 Å². The van der Waals surface area contributed by atoms with Crippen molar-refractivity contribution in [1.29, 1.82) is 0 Å². The molecule has 0 atom stereocenters. The van der Waals surface area contributed by atoms with Gasteiger partial charge in [-0.2, -0.15) is 0 Å². The van der Waals surface area contributed by atoms with Crippen LogP contribution in [0.3, 0.4) is 0 Å². The molecule has 1 aromatic carbocycles. The van der Waals surface area contributed by atoms with Crippen LogP contribution in [0.1, 0.15) is 56.8 Å². The summed E-state index contributed by atoms with van der Waals surface area (Å²) >= 11 is 1.50. The summed E-state index contributed by atoms with van der Waals surface area (Å²) in [5.41, 5.74) is 0.457. The summed E-state index contributed by atoms with van der Waals surface area (Å²) in [6, 6.07) is 5.15. The second-order valence-electron chi connectivity index (χ2n) is 7.45. The van der Waals surface area contributed by atoms with Crippen LogP contribution in [0, 0.1) is 16.0 Å². The molecule has 28 heavy (non-hydrogen) atoms. The lowest BCUT2D eigenvalue weighted by Crippen LogP contribution is -2.46. The van der Waals surface area contributed by atoms with Gasteiger partial charge in [-0.1, -0.05) is 20.8 Å². The first kappa shape index (κ1) is 24.7. The van der Waals surface area contributed by atoms with E-state index in [0.29, 0.717) is 22.9 Å². The third-order valence-electron chi connectivity index (χ3n) is 4.83. The van der Waals surface area contributed by atoms with Crippen molar-refractivity contribution < 1.29 is 9.72 Å². The van der Waals surface area contributed by atoms with Crippen LogP contribution in [0.2, 0.25) is 0 Å². The number of nitrogens with one attached hydrogen (secondary N) is 1. The van der Waals surface area contributed by atoms with Gasteiger partial charge < -0.3 is 10.2 Å². The summed E-state index contributed by atoms with van der Waals surface area (Å²) in [4.78, 5) is 26.8. The fraction of sp³-hybridized carbons (Fsp3) is 0.650. The maximum absolute atomic E-state index is 13.1. The average molecular weight is 430 g/mol. The number of benzene rings is 1. The number of halogens is 1. The Kier molecular flexibility index (Phi) is 10.9. The molecule has 6 nitrogen and oxygen atoms in total. The fourth-order valence-corrected chi connectivity index (χ4v) is 4.55. The van der Waals surface area contributed by atoms with E-state index in [4.69, 9.17) is 0 Å². The summed E-state index contributed by atoms with van der Waals surface area (Å²) in [5, 5.41) is 14.9. The number of nitro benzene ring substituents is 1. The van der Waals surface area contributed by atoms with Crippen LogP contribution in [0.15, 0.2) is 23.1 Å². The molecule has 1 N–H and O–H groups in total. The number of nitro groups is 1. The van der Waals surface area contributed by atoms with Gasteiger partial charge in [0, 0.05) is 24.2 Å². The lowest BCUT2D eigenvalue weighted by Gasteiger charge is -2.34. The highest BCUT2D eigenvalue weighted by atomic mass is 35.5. The van der Waals surface area contributed by atoms with Crippen molar-refractivity contribution in [3.8, 4) is 0 Å². The van der Waals surface area contributed by atoms with E-state index < -0.39 is 0 Å². The maximum Gasteiger partial charge on any atom is 0.283 e. The fourth-order valence-electron chi connectivity index (χ4n) is 3.29. The van der Waals surface area contributed by atoms with Crippen molar-refractivity contribution in [3.05, 3.63) is 33.9 Å². The Morgan fingerprint density at radius 3 is 2.61 bits per heavy atom. The van der Waals surface area contributed by atoms with E-state index in [-0.39, 0.29) is 35.0 Å². The van der Waals surface area contributed by atoms with Crippen molar-refractivity contribution in [2.75, 3.05) is 25.4 Å². The topological polar surface area (TPSA) is 75.5 Å². The summed E-state index contributed by atoms with van der Waals surface area (Å²) in [6.07, 6.45) is 3.73. The maximum atomic E-state index is 13.1. The predicted molar refractivity (Wildman–Crippen MR) is 118 cm³/mol. The summed E-state index contributed by atoms with van der Waals surface area (Å²) in [7, 11) is 0. The first-order valence-corrected chi connectivity index (χ1v) is 10.9. The standard InChI is InChI=1S/C20H31N3O3S.ClH/c1-4-12-22(17-7-10-21-11-8-17)20(24)16-5-6-19(18(14-16)23(25)26)27-13-9-15(2)3;/h5-6,14-15,17,21H,4,7-13H2,1-3H3;1H. The van der Waals surface area contributed by atoms with Gasteiger partial charge in [-0.05, 0) is 62.6 Å². The second kappa shape index (κ2) is 12.3. The molecule has 1 amide bonds. The lowest BCUT2D eigenvalue weighted by atomic mass is 10.0. The van der Waals surface area contributed by atoms with Crippen LogP contribution in [0.25, 0.3) is 0 Å². The van der Waals surface area contributed by atoms with Gasteiger partial charge in [0.05, 0.1) is 9.82 Å². The Morgan fingerprint density at radius 2 is 2.04 bits per heavy atom. The Morgan fingerprint density at radius 1 is 1.36 bits per heavy atom. The minimum absolute atomic E-state index is 0. The van der Waals surface area contributed by atoms with E-state index in [1.165, 1.54) is 17.8 Å².